The first-order valence-electron chi connectivity index (χ1n) is 12.3. The Morgan fingerprint density at radius 2 is 1.76 bits per heavy atom. The number of benzene rings is 3. The molecular formula is C29H33N5O4. The van der Waals surface area contributed by atoms with Crippen LogP contribution in [0.2, 0.25) is 0 Å². The minimum atomic E-state index is -1.07. The fourth-order valence-electron chi connectivity index (χ4n) is 4.34. The molecular weight excluding hydrogens is 482 g/mol. The molecule has 0 radical (unpaired) electrons. The molecule has 2 amide bonds. The van der Waals surface area contributed by atoms with Gasteiger partial charge in [0.1, 0.15) is 29.6 Å². The standard InChI is InChI=1S/C29H33N5O4/c1-19-10-9-11-20(16-19)34(26(35)18-33-24-13-8-7-12-23(24)31-32-33)27(28(36)30-29(2,3)4)22-17-21(37-5)14-15-25(22)38-6/h7-17,27H,18H2,1-6H3,(H,30,36). The summed E-state index contributed by atoms with van der Waals surface area (Å²) >= 11 is 0. The van der Waals surface area contributed by atoms with Crippen LogP contribution in [0.3, 0.4) is 0 Å². The molecule has 0 saturated carbocycles. The molecule has 0 aliphatic heterocycles. The predicted octanol–water partition coefficient (Wildman–Crippen LogP) is 4.45. The van der Waals surface area contributed by atoms with E-state index in [0.29, 0.717) is 28.3 Å². The van der Waals surface area contributed by atoms with Gasteiger partial charge in [-0.1, -0.05) is 29.5 Å². The first-order chi connectivity index (χ1) is 18.1. The maximum Gasteiger partial charge on any atom is 0.249 e. The summed E-state index contributed by atoms with van der Waals surface area (Å²) in [5.41, 5.74) is 2.85. The molecule has 1 atom stereocenters. The fraction of sp³-hybridized carbons (Fsp3) is 0.310. The summed E-state index contributed by atoms with van der Waals surface area (Å²) in [6.07, 6.45) is 0. The van der Waals surface area contributed by atoms with Crippen LogP contribution in [0.5, 0.6) is 11.5 Å². The molecule has 1 unspecified atom stereocenters. The maximum absolute atomic E-state index is 14.2. The van der Waals surface area contributed by atoms with E-state index in [1.54, 1.807) is 30.0 Å². The normalized spacial score (nSPS) is 12.2. The zero-order valence-electron chi connectivity index (χ0n) is 22.6. The smallest absolute Gasteiger partial charge is 0.249 e. The summed E-state index contributed by atoms with van der Waals surface area (Å²) in [6.45, 7) is 7.49. The summed E-state index contributed by atoms with van der Waals surface area (Å²) in [6, 6.07) is 19.1. The van der Waals surface area contributed by atoms with E-state index in [1.807, 2.05) is 76.2 Å². The van der Waals surface area contributed by atoms with Gasteiger partial charge in [0.2, 0.25) is 11.8 Å². The predicted molar refractivity (Wildman–Crippen MR) is 146 cm³/mol. The molecule has 4 rings (SSSR count). The van der Waals surface area contributed by atoms with Crippen molar-refractivity contribution in [1.29, 1.82) is 0 Å². The molecule has 3 aromatic carbocycles. The van der Waals surface area contributed by atoms with Gasteiger partial charge in [-0.15, -0.1) is 5.10 Å². The lowest BCUT2D eigenvalue weighted by Crippen LogP contribution is -2.50. The Morgan fingerprint density at radius 1 is 1.00 bits per heavy atom. The zero-order valence-corrected chi connectivity index (χ0v) is 22.6. The van der Waals surface area contributed by atoms with Crippen molar-refractivity contribution in [2.45, 2.75) is 45.8 Å². The van der Waals surface area contributed by atoms with Crippen molar-refractivity contribution >= 4 is 28.5 Å². The third-order valence-corrected chi connectivity index (χ3v) is 5.99. The summed E-state index contributed by atoms with van der Waals surface area (Å²) in [5, 5.41) is 11.4. The van der Waals surface area contributed by atoms with E-state index < -0.39 is 11.6 Å². The van der Waals surface area contributed by atoms with E-state index in [2.05, 4.69) is 15.6 Å². The van der Waals surface area contributed by atoms with Gasteiger partial charge >= 0.3 is 0 Å². The number of fused-ring (bicyclic) bond motifs is 1. The quantitative estimate of drug-likeness (QED) is 0.372. The molecule has 198 valence electrons. The Bertz CT molecular complexity index is 1460. The van der Waals surface area contributed by atoms with Crippen molar-refractivity contribution in [3.05, 3.63) is 77.9 Å². The minimum Gasteiger partial charge on any atom is -0.497 e. The van der Waals surface area contributed by atoms with Crippen LogP contribution in [0, 0.1) is 6.92 Å². The van der Waals surface area contributed by atoms with Crippen molar-refractivity contribution in [3.63, 3.8) is 0 Å². The monoisotopic (exact) mass is 515 g/mol. The minimum absolute atomic E-state index is 0.125. The number of methoxy groups -OCH3 is 2. The average Bonchev–Trinajstić information content (AvgIpc) is 3.28. The van der Waals surface area contributed by atoms with Gasteiger partial charge in [-0.3, -0.25) is 14.5 Å². The summed E-state index contributed by atoms with van der Waals surface area (Å²) in [5.74, 6) is 0.289. The Kier molecular flexibility index (Phi) is 7.66. The van der Waals surface area contributed by atoms with Gasteiger partial charge in [0.05, 0.1) is 19.7 Å². The molecule has 1 heterocycles. The van der Waals surface area contributed by atoms with Crippen molar-refractivity contribution < 1.29 is 19.1 Å². The average molecular weight is 516 g/mol. The molecule has 38 heavy (non-hydrogen) atoms. The van der Waals surface area contributed by atoms with E-state index in [9.17, 15) is 9.59 Å². The third-order valence-electron chi connectivity index (χ3n) is 5.99. The van der Waals surface area contributed by atoms with Crippen LogP contribution in [0.4, 0.5) is 5.69 Å². The lowest BCUT2D eigenvalue weighted by atomic mass is 9.99. The van der Waals surface area contributed by atoms with Crippen LogP contribution in [0.15, 0.2) is 66.7 Å². The van der Waals surface area contributed by atoms with Gasteiger partial charge in [0.15, 0.2) is 0 Å². The first-order valence-corrected chi connectivity index (χ1v) is 12.3. The Hall–Kier alpha value is -4.40. The van der Waals surface area contributed by atoms with Gasteiger partial charge in [-0.25, -0.2) is 4.68 Å². The van der Waals surface area contributed by atoms with Gasteiger partial charge < -0.3 is 14.8 Å². The number of aromatic nitrogens is 3. The van der Waals surface area contributed by atoms with Crippen molar-refractivity contribution in [2.75, 3.05) is 19.1 Å². The first kappa shape index (κ1) is 26.7. The fourth-order valence-corrected chi connectivity index (χ4v) is 4.34. The molecule has 4 aromatic rings. The highest BCUT2D eigenvalue weighted by Gasteiger charge is 2.37. The van der Waals surface area contributed by atoms with Crippen LogP contribution in [-0.2, 0) is 16.1 Å². The molecule has 0 fully saturated rings. The zero-order chi connectivity index (χ0) is 27.4. The molecule has 0 aliphatic rings. The second-order valence-corrected chi connectivity index (χ2v) is 10.1. The van der Waals surface area contributed by atoms with Crippen LogP contribution in [0.25, 0.3) is 11.0 Å². The highest BCUT2D eigenvalue weighted by atomic mass is 16.5. The number of carbonyl (C=O) groups excluding carboxylic acids is 2. The van der Waals surface area contributed by atoms with Gasteiger partial charge in [0, 0.05) is 16.8 Å². The van der Waals surface area contributed by atoms with Crippen molar-refractivity contribution in [1.82, 2.24) is 20.3 Å². The van der Waals surface area contributed by atoms with E-state index in [0.717, 1.165) is 11.1 Å². The molecule has 0 spiro atoms. The lowest BCUT2D eigenvalue weighted by Gasteiger charge is -2.34. The second-order valence-electron chi connectivity index (χ2n) is 10.1. The van der Waals surface area contributed by atoms with Crippen LogP contribution < -0.4 is 19.7 Å². The number of nitrogens with zero attached hydrogens (tertiary/aromatic N) is 4. The van der Waals surface area contributed by atoms with Crippen molar-refractivity contribution in [3.8, 4) is 11.5 Å². The number of para-hydroxylation sites is 1. The largest absolute Gasteiger partial charge is 0.497 e. The van der Waals surface area contributed by atoms with E-state index in [-0.39, 0.29) is 18.4 Å². The van der Waals surface area contributed by atoms with Gasteiger partial charge in [-0.2, -0.15) is 0 Å². The van der Waals surface area contributed by atoms with E-state index in [1.165, 1.54) is 12.0 Å². The maximum atomic E-state index is 14.2. The molecule has 0 saturated heterocycles. The van der Waals surface area contributed by atoms with Gasteiger partial charge in [0.25, 0.3) is 0 Å². The van der Waals surface area contributed by atoms with E-state index >= 15 is 0 Å². The Labute approximate surface area is 222 Å². The number of amides is 2. The SMILES string of the molecule is COc1ccc(OC)c(C(C(=O)NC(C)(C)C)N(C(=O)Cn2nnc3ccccc32)c2cccc(C)c2)c1. The number of hydrogen-bond donors (Lipinski definition) is 1. The highest BCUT2D eigenvalue weighted by Crippen LogP contribution is 2.36. The molecule has 1 aromatic heterocycles. The van der Waals surface area contributed by atoms with Crippen LogP contribution in [-0.4, -0.2) is 46.6 Å². The summed E-state index contributed by atoms with van der Waals surface area (Å²) in [7, 11) is 3.08. The van der Waals surface area contributed by atoms with Crippen LogP contribution >= 0.6 is 0 Å². The Balaban J connectivity index is 1.90. The molecule has 0 aliphatic carbocycles. The number of aryl methyl sites for hydroxylation is 1. The lowest BCUT2D eigenvalue weighted by molar-refractivity contribution is -0.128. The molecule has 9 nitrogen and oxygen atoms in total. The second kappa shape index (κ2) is 10.9. The third kappa shape index (κ3) is 5.77. The van der Waals surface area contributed by atoms with Crippen molar-refractivity contribution in [2.24, 2.45) is 0 Å². The summed E-state index contributed by atoms with van der Waals surface area (Å²) < 4.78 is 12.7. The van der Waals surface area contributed by atoms with E-state index in [4.69, 9.17) is 9.47 Å². The number of ether oxygens (including phenoxy) is 2. The Morgan fingerprint density at radius 3 is 2.45 bits per heavy atom. The van der Waals surface area contributed by atoms with Gasteiger partial charge in [-0.05, 0) is 75.7 Å². The van der Waals surface area contributed by atoms with Crippen LogP contribution in [0.1, 0.15) is 37.9 Å². The summed E-state index contributed by atoms with van der Waals surface area (Å²) in [4.78, 5) is 29.7. The highest BCUT2D eigenvalue weighted by molar-refractivity contribution is 6.02. The number of anilines is 1. The topological polar surface area (TPSA) is 98.6 Å². The number of hydrogen-bond acceptors (Lipinski definition) is 6. The number of rotatable bonds is 8. The number of carbonyl (C=O) groups is 2. The molecule has 0 bridgehead atoms. The molecule has 1 N–H and O–H groups in total. The molecule has 9 heteroatoms. The number of nitrogens with one attached hydrogen (secondary N) is 1.